The van der Waals surface area contributed by atoms with E-state index in [1.54, 1.807) is 0 Å². The molecule has 0 bridgehead atoms. The first kappa shape index (κ1) is 23.5. The maximum Gasteiger partial charge on any atom is 0.303 e. The second-order valence-corrected chi connectivity index (χ2v) is 11.0. The van der Waals surface area contributed by atoms with Crippen LogP contribution in [-0.2, 0) is 4.79 Å². The van der Waals surface area contributed by atoms with Gasteiger partial charge in [0, 0.05) is 6.42 Å². The molecule has 0 saturated heterocycles. The SMILES string of the molecule is CC(C)(C)CCC(CCCCCCC(=O)O)(C(C)(C)C)C(C)(C)C. The first-order valence-electron chi connectivity index (χ1n) is 9.84. The average Bonchev–Trinajstić information content (AvgIpc) is 2.32. The van der Waals surface area contributed by atoms with Crippen LogP contribution in [0.25, 0.3) is 0 Å². The predicted octanol–water partition coefficient (Wildman–Crippen LogP) is 7.32. The predicted molar refractivity (Wildman–Crippen MR) is 105 cm³/mol. The molecule has 0 aliphatic rings. The molecule has 24 heavy (non-hydrogen) atoms. The van der Waals surface area contributed by atoms with Crippen LogP contribution in [0, 0.1) is 21.7 Å². The van der Waals surface area contributed by atoms with Crippen molar-refractivity contribution in [3.05, 3.63) is 0 Å². The summed E-state index contributed by atoms with van der Waals surface area (Å²) in [5.74, 6) is -0.668. The molecule has 2 nitrogen and oxygen atoms in total. The molecule has 1 N–H and O–H groups in total. The van der Waals surface area contributed by atoms with E-state index in [4.69, 9.17) is 5.11 Å². The van der Waals surface area contributed by atoms with E-state index in [9.17, 15) is 4.79 Å². The molecule has 0 heterocycles. The van der Waals surface area contributed by atoms with Crippen molar-refractivity contribution < 1.29 is 9.90 Å². The Labute approximate surface area is 151 Å². The van der Waals surface area contributed by atoms with Crippen molar-refractivity contribution in [1.82, 2.24) is 0 Å². The Hall–Kier alpha value is -0.530. The lowest BCUT2D eigenvalue weighted by Gasteiger charge is -2.55. The van der Waals surface area contributed by atoms with E-state index >= 15 is 0 Å². The fourth-order valence-corrected chi connectivity index (χ4v) is 4.39. The first-order chi connectivity index (χ1) is 10.6. The number of aliphatic carboxylic acids is 1. The minimum atomic E-state index is -0.668. The second kappa shape index (κ2) is 8.72. The zero-order chi connectivity index (χ0) is 19.2. The number of unbranched alkanes of at least 4 members (excludes halogenated alkanes) is 3. The Morgan fingerprint density at radius 3 is 1.50 bits per heavy atom. The van der Waals surface area contributed by atoms with Gasteiger partial charge in [0.25, 0.3) is 0 Å². The molecule has 0 aromatic rings. The van der Waals surface area contributed by atoms with Gasteiger partial charge in [-0.1, -0.05) is 81.6 Å². The topological polar surface area (TPSA) is 37.3 Å². The van der Waals surface area contributed by atoms with Crippen LogP contribution in [0.3, 0.4) is 0 Å². The summed E-state index contributed by atoms with van der Waals surface area (Å²) in [4.78, 5) is 10.6. The quantitative estimate of drug-likeness (QED) is 0.446. The highest BCUT2D eigenvalue weighted by atomic mass is 16.4. The van der Waals surface area contributed by atoms with Gasteiger partial charge in [-0.3, -0.25) is 4.79 Å². The largest absolute Gasteiger partial charge is 0.481 e. The minimum absolute atomic E-state index is 0.261. The van der Waals surface area contributed by atoms with Crippen molar-refractivity contribution in [2.24, 2.45) is 21.7 Å². The third kappa shape index (κ3) is 7.57. The van der Waals surface area contributed by atoms with Gasteiger partial charge in [-0.2, -0.15) is 0 Å². The summed E-state index contributed by atoms with van der Waals surface area (Å²) in [6, 6.07) is 0. The highest BCUT2D eigenvalue weighted by molar-refractivity contribution is 5.66. The van der Waals surface area contributed by atoms with Crippen molar-refractivity contribution in [3.8, 4) is 0 Å². The fourth-order valence-electron chi connectivity index (χ4n) is 4.39. The molecule has 0 aromatic heterocycles. The van der Waals surface area contributed by atoms with Gasteiger partial charge in [-0.25, -0.2) is 0 Å². The van der Waals surface area contributed by atoms with Crippen molar-refractivity contribution >= 4 is 5.97 Å². The summed E-state index contributed by atoms with van der Waals surface area (Å²) in [5.41, 5.74) is 1.19. The molecule has 0 aliphatic heterocycles. The molecule has 144 valence electrons. The van der Waals surface area contributed by atoms with E-state index in [1.165, 1.54) is 25.7 Å². The highest BCUT2D eigenvalue weighted by Crippen LogP contribution is 2.58. The van der Waals surface area contributed by atoms with Crippen LogP contribution in [-0.4, -0.2) is 11.1 Å². The van der Waals surface area contributed by atoms with E-state index in [0.29, 0.717) is 17.3 Å². The molecule has 0 atom stereocenters. The summed E-state index contributed by atoms with van der Waals surface area (Å²) in [5, 5.41) is 8.76. The molecule has 0 saturated carbocycles. The molecule has 0 spiro atoms. The van der Waals surface area contributed by atoms with Gasteiger partial charge >= 0.3 is 5.97 Å². The van der Waals surface area contributed by atoms with Crippen LogP contribution in [0.5, 0.6) is 0 Å². The Morgan fingerprint density at radius 2 is 1.12 bits per heavy atom. The lowest BCUT2D eigenvalue weighted by atomic mass is 9.50. The van der Waals surface area contributed by atoms with E-state index in [2.05, 4.69) is 62.3 Å². The lowest BCUT2D eigenvalue weighted by molar-refractivity contribution is -0.137. The molecule has 0 fully saturated rings. The Kier molecular flexibility index (Phi) is 8.52. The number of hydrogen-bond acceptors (Lipinski definition) is 1. The zero-order valence-electron chi connectivity index (χ0n) is 18.0. The van der Waals surface area contributed by atoms with E-state index in [-0.39, 0.29) is 10.8 Å². The number of carboxylic acids is 1. The average molecular weight is 341 g/mol. The minimum Gasteiger partial charge on any atom is -0.481 e. The fraction of sp³-hybridized carbons (Fsp3) is 0.955. The van der Waals surface area contributed by atoms with Crippen molar-refractivity contribution in [1.29, 1.82) is 0 Å². The number of carboxylic acid groups (broad SMARTS) is 1. The molecule has 2 heteroatoms. The Bertz CT molecular complexity index is 360. The van der Waals surface area contributed by atoms with Gasteiger partial charge in [0.2, 0.25) is 0 Å². The number of rotatable bonds is 9. The third-order valence-corrected chi connectivity index (χ3v) is 5.92. The van der Waals surface area contributed by atoms with Gasteiger partial charge in [-0.05, 0) is 47.3 Å². The van der Waals surface area contributed by atoms with Gasteiger partial charge in [0.05, 0.1) is 0 Å². The van der Waals surface area contributed by atoms with Crippen molar-refractivity contribution in [2.75, 3.05) is 0 Å². The highest BCUT2D eigenvalue weighted by Gasteiger charge is 2.49. The smallest absolute Gasteiger partial charge is 0.303 e. The Balaban J connectivity index is 5.00. The van der Waals surface area contributed by atoms with Crippen LogP contribution in [0.4, 0.5) is 0 Å². The van der Waals surface area contributed by atoms with Crippen LogP contribution in [0.1, 0.15) is 114 Å². The molecule has 0 radical (unpaired) electrons. The summed E-state index contributed by atoms with van der Waals surface area (Å²) in [6.45, 7) is 21.5. The maximum absolute atomic E-state index is 10.6. The van der Waals surface area contributed by atoms with E-state index < -0.39 is 5.97 Å². The summed E-state index contributed by atoms with van der Waals surface area (Å²) in [6.07, 6.45) is 8.27. The van der Waals surface area contributed by atoms with Crippen LogP contribution in [0.15, 0.2) is 0 Å². The maximum atomic E-state index is 10.6. The normalized spacial score (nSPS) is 14.0. The van der Waals surface area contributed by atoms with Gasteiger partial charge in [0.1, 0.15) is 0 Å². The Morgan fingerprint density at radius 1 is 0.667 bits per heavy atom. The molecule has 0 aliphatic carbocycles. The van der Waals surface area contributed by atoms with Crippen molar-refractivity contribution in [3.63, 3.8) is 0 Å². The van der Waals surface area contributed by atoms with E-state index in [1.807, 2.05) is 0 Å². The van der Waals surface area contributed by atoms with Crippen LogP contribution < -0.4 is 0 Å². The van der Waals surface area contributed by atoms with Gasteiger partial charge in [0.15, 0.2) is 0 Å². The first-order valence-corrected chi connectivity index (χ1v) is 9.84. The number of hydrogen-bond donors (Lipinski definition) is 1. The van der Waals surface area contributed by atoms with Crippen LogP contribution in [0.2, 0.25) is 0 Å². The molecular formula is C22H44O2. The molecule has 0 rings (SSSR count). The molecule has 0 aromatic carbocycles. The third-order valence-electron chi connectivity index (χ3n) is 5.92. The van der Waals surface area contributed by atoms with Crippen molar-refractivity contribution in [2.45, 2.75) is 114 Å². The molecular weight excluding hydrogens is 296 g/mol. The lowest BCUT2D eigenvalue weighted by Crippen LogP contribution is -2.47. The second-order valence-electron chi connectivity index (χ2n) is 11.0. The standard InChI is InChI=1S/C22H44O2/c1-19(2,3)16-17-22(20(4,5)6,21(7,8)9)15-13-11-10-12-14-18(23)24/h10-17H2,1-9H3,(H,23,24). The molecule has 0 amide bonds. The number of carbonyl (C=O) groups is 1. The van der Waals surface area contributed by atoms with Gasteiger partial charge < -0.3 is 5.11 Å². The van der Waals surface area contributed by atoms with Crippen LogP contribution >= 0.6 is 0 Å². The van der Waals surface area contributed by atoms with Gasteiger partial charge in [-0.15, -0.1) is 0 Å². The summed E-state index contributed by atoms with van der Waals surface area (Å²) < 4.78 is 0. The molecule has 0 unspecified atom stereocenters. The van der Waals surface area contributed by atoms with E-state index in [0.717, 1.165) is 19.3 Å². The summed E-state index contributed by atoms with van der Waals surface area (Å²) in [7, 11) is 0. The zero-order valence-corrected chi connectivity index (χ0v) is 18.0. The monoisotopic (exact) mass is 340 g/mol. The summed E-state index contributed by atoms with van der Waals surface area (Å²) >= 11 is 0.